The van der Waals surface area contributed by atoms with Gasteiger partial charge in [0.2, 0.25) is 0 Å². The van der Waals surface area contributed by atoms with Gasteiger partial charge in [-0.3, -0.25) is 4.79 Å². The summed E-state index contributed by atoms with van der Waals surface area (Å²) in [6.07, 6.45) is 0.969. The van der Waals surface area contributed by atoms with Crippen LogP contribution in [-0.2, 0) is 9.53 Å². The summed E-state index contributed by atoms with van der Waals surface area (Å²) in [6.45, 7) is 2.23. The molecule has 0 amide bonds. The minimum atomic E-state index is -0.141. The first-order valence-corrected chi connectivity index (χ1v) is 4.28. The molecule has 4 heteroatoms. The maximum absolute atomic E-state index is 11.2. The van der Waals surface area contributed by atoms with Crippen molar-refractivity contribution in [2.45, 2.75) is 6.42 Å². The van der Waals surface area contributed by atoms with Crippen molar-refractivity contribution in [3.63, 3.8) is 0 Å². The van der Waals surface area contributed by atoms with Crippen LogP contribution in [0.5, 0.6) is 0 Å². The molecule has 1 aliphatic heterocycles. The number of methoxy groups -OCH3 is 1. The zero-order valence-corrected chi connectivity index (χ0v) is 7.38. The highest BCUT2D eigenvalue weighted by Gasteiger charge is 2.30. The van der Waals surface area contributed by atoms with Crippen LogP contribution in [0.2, 0.25) is 0 Å². The number of nitrogens with one attached hydrogen (secondary N) is 1. The smallest absolute Gasteiger partial charge is 0.310 e. The lowest BCUT2D eigenvalue weighted by Crippen LogP contribution is -2.44. The molecule has 4 nitrogen and oxygen atoms in total. The zero-order chi connectivity index (χ0) is 8.97. The van der Waals surface area contributed by atoms with E-state index < -0.39 is 0 Å². The van der Waals surface area contributed by atoms with Gasteiger partial charge < -0.3 is 15.8 Å². The summed E-state index contributed by atoms with van der Waals surface area (Å²) in [4.78, 5) is 11.2. The monoisotopic (exact) mass is 172 g/mol. The number of hydrogen-bond donors (Lipinski definition) is 2. The van der Waals surface area contributed by atoms with Crippen molar-refractivity contribution in [2.75, 3.05) is 26.7 Å². The van der Waals surface area contributed by atoms with E-state index in [0.717, 1.165) is 13.0 Å². The molecule has 2 unspecified atom stereocenters. The van der Waals surface area contributed by atoms with E-state index in [2.05, 4.69) is 10.1 Å². The molecule has 0 aromatic rings. The fourth-order valence-electron chi connectivity index (χ4n) is 1.62. The average molecular weight is 172 g/mol. The third-order valence-electron chi connectivity index (χ3n) is 2.43. The molecule has 3 N–H and O–H groups in total. The number of rotatable bonds is 2. The van der Waals surface area contributed by atoms with E-state index in [-0.39, 0.29) is 11.9 Å². The van der Waals surface area contributed by atoms with Crippen molar-refractivity contribution in [2.24, 2.45) is 17.6 Å². The quantitative estimate of drug-likeness (QED) is 0.543. The van der Waals surface area contributed by atoms with Crippen LogP contribution in [-0.4, -0.2) is 32.7 Å². The highest BCUT2D eigenvalue weighted by Crippen LogP contribution is 2.18. The molecule has 1 aliphatic rings. The fourth-order valence-corrected chi connectivity index (χ4v) is 1.62. The molecule has 0 aliphatic carbocycles. The summed E-state index contributed by atoms with van der Waals surface area (Å²) < 4.78 is 4.69. The van der Waals surface area contributed by atoms with Gasteiger partial charge in [0.25, 0.3) is 0 Å². The summed E-state index contributed by atoms with van der Waals surface area (Å²) in [7, 11) is 1.42. The fraction of sp³-hybridized carbons (Fsp3) is 0.875. The molecule has 0 saturated carbocycles. The molecule has 0 aromatic carbocycles. The predicted octanol–water partition coefficient (Wildman–Crippen LogP) is -0.656. The van der Waals surface area contributed by atoms with E-state index in [1.807, 2.05) is 0 Å². The van der Waals surface area contributed by atoms with Crippen molar-refractivity contribution in [1.29, 1.82) is 0 Å². The van der Waals surface area contributed by atoms with Gasteiger partial charge >= 0.3 is 5.97 Å². The standard InChI is InChI=1S/C8H16N2O2/c1-12-8(11)7-5-10-3-2-6(7)4-9/h6-7,10H,2-5,9H2,1H3. The first-order valence-electron chi connectivity index (χ1n) is 4.28. The topological polar surface area (TPSA) is 64.3 Å². The molecule has 0 radical (unpaired) electrons. The largest absolute Gasteiger partial charge is 0.469 e. The average Bonchev–Trinajstić information content (AvgIpc) is 2.16. The number of carbonyl (C=O) groups excluding carboxylic acids is 1. The van der Waals surface area contributed by atoms with E-state index >= 15 is 0 Å². The Kier molecular flexibility index (Phi) is 3.49. The highest BCUT2D eigenvalue weighted by atomic mass is 16.5. The van der Waals surface area contributed by atoms with Gasteiger partial charge in [-0.15, -0.1) is 0 Å². The van der Waals surface area contributed by atoms with Crippen molar-refractivity contribution in [1.82, 2.24) is 5.32 Å². The first-order chi connectivity index (χ1) is 5.79. The molecular weight excluding hydrogens is 156 g/mol. The summed E-state index contributed by atoms with van der Waals surface area (Å²) in [5.74, 6) is 0.102. The second kappa shape index (κ2) is 4.42. The zero-order valence-electron chi connectivity index (χ0n) is 7.38. The SMILES string of the molecule is COC(=O)C1CNCCC1CN. The van der Waals surface area contributed by atoms with Gasteiger partial charge in [-0.1, -0.05) is 0 Å². The van der Waals surface area contributed by atoms with Crippen LogP contribution < -0.4 is 11.1 Å². The first kappa shape index (κ1) is 9.48. The van der Waals surface area contributed by atoms with Crippen molar-refractivity contribution < 1.29 is 9.53 Å². The third-order valence-corrected chi connectivity index (χ3v) is 2.43. The predicted molar refractivity (Wildman–Crippen MR) is 45.5 cm³/mol. The summed E-state index contributed by atoms with van der Waals surface area (Å²) in [6, 6.07) is 0. The van der Waals surface area contributed by atoms with Gasteiger partial charge in [0.05, 0.1) is 13.0 Å². The van der Waals surface area contributed by atoms with Crippen LogP contribution in [0.25, 0.3) is 0 Å². The molecule has 12 heavy (non-hydrogen) atoms. The van der Waals surface area contributed by atoms with Gasteiger partial charge in [0.1, 0.15) is 0 Å². The number of hydrogen-bond acceptors (Lipinski definition) is 4. The van der Waals surface area contributed by atoms with E-state index in [1.54, 1.807) is 0 Å². The molecule has 0 aromatic heterocycles. The summed E-state index contributed by atoms with van der Waals surface area (Å²) >= 11 is 0. The van der Waals surface area contributed by atoms with Gasteiger partial charge in [-0.25, -0.2) is 0 Å². The van der Waals surface area contributed by atoms with Crippen molar-refractivity contribution in [3.05, 3.63) is 0 Å². The summed E-state index contributed by atoms with van der Waals surface area (Å²) in [5, 5.41) is 3.16. The molecule has 1 heterocycles. The van der Waals surface area contributed by atoms with Crippen LogP contribution in [0.4, 0.5) is 0 Å². The number of ether oxygens (including phenoxy) is 1. The van der Waals surface area contributed by atoms with E-state index in [4.69, 9.17) is 5.73 Å². The normalized spacial score (nSPS) is 29.8. The van der Waals surface area contributed by atoms with Crippen LogP contribution in [0.3, 0.4) is 0 Å². The molecule has 0 bridgehead atoms. The summed E-state index contributed by atoms with van der Waals surface area (Å²) in [5.41, 5.74) is 5.55. The molecule has 1 fully saturated rings. The Morgan fingerprint density at radius 2 is 2.50 bits per heavy atom. The van der Waals surface area contributed by atoms with Gasteiger partial charge in [0, 0.05) is 6.54 Å². The lowest BCUT2D eigenvalue weighted by atomic mass is 9.86. The minimum Gasteiger partial charge on any atom is -0.469 e. The van der Waals surface area contributed by atoms with Crippen molar-refractivity contribution >= 4 is 5.97 Å². The maximum Gasteiger partial charge on any atom is 0.310 e. The molecule has 0 spiro atoms. The van der Waals surface area contributed by atoms with E-state index in [9.17, 15) is 4.79 Å². The van der Waals surface area contributed by atoms with E-state index in [0.29, 0.717) is 19.0 Å². The van der Waals surface area contributed by atoms with Crippen molar-refractivity contribution in [3.8, 4) is 0 Å². The third kappa shape index (κ3) is 1.95. The number of esters is 1. The Hall–Kier alpha value is -0.610. The lowest BCUT2D eigenvalue weighted by Gasteiger charge is -2.28. The van der Waals surface area contributed by atoms with E-state index in [1.165, 1.54) is 7.11 Å². The molecule has 2 atom stereocenters. The lowest BCUT2D eigenvalue weighted by molar-refractivity contribution is -0.147. The number of carbonyl (C=O) groups is 1. The Bertz CT molecular complexity index is 161. The highest BCUT2D eigenvalue weighted by molar-refractivity contribution is 5.73. The van der Waals surface area contributed by atoms with Crippen LogP contribution >= 0.6 is 0 Å². The molecule has 70 valence electrons. The number of nitrogens with two attached hydrogens (primary N) is 1. The van der Waals surface area contributed by atoms with Gasteiger partial charge in [-0.2, -0.15) is 0 Å². The number of piperidine rings is 1. The Balaban J connectivity index is 2.52. The Labute approximate surface area is 72.5 Å². The molecule has 1 rings (SSSR count). The maximum atomic E-state index is 11.2. The Morgan fingerprint density at radius 1 is 1.75 bits per heavy atom. The van der Waals surface area contributed by atoms with Gasteiger partial charge in [0.15, 0.2) is 0 Å². The van der Waals surface area contributed by atoms with Crippen LogP contribution in [0, 0.1) is 11.8 Å². The second-order valence-corrected chi connectivity index (χ2v) is 3.12. The minimum absolute atomic E-state index is 0.0475. The second-order valence-electron chi connectivity index (χ2n) is 3.12. The van der Waals surface area contributed by atoms with Gasteiger partial charge in [-0.05, 0) is 25.4 Å². The molecule has 1 saturated heterocycles. The van der Waals surface area contributed by atoms with Crippen LogP contribution in [0.1, 0.15) is 6.42 Å². The molecular formula is C8H16N2O2. The van der Waals surface area contributed by atoms with Crippen LogP contribution in [0.15, 0.2) is 0 Å². The Morgan fingerprint density at radius 3 is 3.08 bits per heavy atom.